The molecule has 3 unspecified atom stereocenters. The molecule has 9 heteroatoms. The first-order valence-corrected chi connectivity index (χ1v) is 9.22. The van der Waals surface area contributed by atoms with Crippen molar-refractivity contribution in [2.45, 2.75) is 31.5 Å². The van der Waals surface area contributed by atoms with Gasteiger partial charge in [0.15, 0.2) is 6.40 Å². The van der Waals surface area contributed by atoms with Crippen LogP contribution >= 0.6 is 0 Å². The van der Waals surface area contributed by atoms with Gasteiger partial charge in [-0.2, -0.15) is 0 Å². The van der Waals surface area contributed by atoms with Gasteiger partial charge in [-0.05, 0) is 41.8 Å². The maximum atomic E-state index is 12.3. The number of methoxy groups -OCH3 is 1. The van der Waals surface area contributed by atoms with Gasteiger partial charge in [0, 0.05) is 0 Å². The van der Waals surface area contributed by atoms with Gasteiger partial charge < -0.3 is 18.9 Å². The number of hydrogen-bond acceptors (Lipinski definition) is 6. The third-order valence-electron chi connectivity index (χ3n) is 4.89. The highest BCUT2D eigenvalue weighted by Gasteiger charge is 2.37. The monoisotopic (exact) mass is 420 g/mol. The molecule has 30 heavy (non-hydrogen) atoms. The van der Waals surface area contributed by atoms with E-state index in [1.807, 2.05) is 25.1 Å². The Morgan fingerprint density at radius 3 is 2.47 bits per heavy atom. The van der Waals surface area contributed by atoms with Crippen LogP contribution in [0.3, 0.4) is 0 Å². The Morgan fingerprint density at radius 2 is 1.80 bits per heavy atom. The van der Waals surface area contributed by atoms with Crippen LogP contribution < -0.4 is 9.47 Å². The Morgan fingerprint density at radius 1 is 1.07 bits per heavy atom. The normalized spacial score (nSPS) is 23.0. The molecule has 0 amide bonds. The molecule has 2 aromatic carbocycles. The predicted octanol–water partition coefficient (Wildman–Crippen LogP) is 4.54. The van der Waals surface area contributed by atoms with E-state index in [4.69, 9.17) is 14.2 Å². The first kappa shape index (κ1) is 20.1. The van der Waals surface area contributed by atoms with Crippen LogP contribution in [0.1, 0.15) is 28.8 Å². The average molecular weight is 420 g/mol. The Hall–Kier alpha value is -3.23. The van der Waals surface area contributed by atoms with E-state index in [2.05, 4.69) is 14.7 Å². The SMILES string of the molecule is COc1ccc(C2N=COC2C2=NC(c3ccc(OC(F)(F)F)cc3)CO2)cc1C. The van der Waals surface area contributed by atoms with Gasteiger partial charge in [-0.3, -0.25) is 0 Å². The number of aliphatic imine (C=N–C) groups is 2. The van der Waals surface area contributed by atoms with Crippen LogP contribution in [-0.2, 0) is 9.47 Å². The average Bonchev–Trinajstić information content (AvgIpc) is 3.36. The molecule has 2 heterocycles. The molecule has 0 N–H and O–H groups in total. The van der Waals surface area contributed by atoms with Crippen molar-refractivity contribution < 1.29 is 32.1 Å². The molecule has 0 saturated carbocycles. The van der Waals surface area contributed by atoms with Crippen molar-refractivity contribution >= 4 is 12.3 Å². The minimum absolute atomic E-state index is 0.267. The second-order valence-electron chi connectivity index (χ2n) is 6.90. The fourth-order valence-electron chi connectivity index (χ4n) is 3.47. The molecule has 6 nitrogen and oxygen atoms in total. The van der Waals surface area contributed by atoms with Crippen LogP contribution in [0.15, 0.2) is 52.4 Å². The van der Waals surface area contributed by atoms with Gasteiger partial charge in [-0.15, -0.1) is 13.2 Å². The van der Waals surface area contributed by atoms with Gasteiger partial charge in [0.05, 0.1) is 7.11 Å². The van der Waals surface area contributed by atoms with Crippen molar-refractivity contribution in [3.8, 4) is 11.5 Å². The highest BCUT2D eigenvalue weighted by Crippen LogP contribution is 2.35. The van der Waals surface area contributed by atoms with Crippen molar-refractivity contribution in [1.29, 1.82) is 0 Å². The molecule has 0 bridgehead atoms. The highest BCUT2D eigenvalue weighted by atomic mass is 19.4. The quantitative estimate of drug-likeness (QED) is 0.713. The van der Waals surface area contributed by atoms with E-state index >= 15 is 0 Å². The summed E-state index contributed by atoms with van der Waals surface area (Å²) in [5, 5.41) is 0. The number of alkyl halides is 3. The maximum absolute atomic E-state index is 12.3. The van der Waals surface area contributed by atoms with Crippen LogP contribution in [0.4, 0.5) is 13.2 Å². The zero-order chi connectivity index (χ0) is 21.3. The first-order chi connectivity index (χ1) is 14.3. The summed E-state index contributed by atoms with van der Waals surface area (Å²) in [4.78, 5) is 8.98. The van der Waals surface area contributed by atoms with Crippen LogP contribution in [-0.4, -0.2) is 38.5 Å². The number of hydrogen-bond donors (Lipinski definition) is 0. The maximum Gasteiger partial charge on any atom is 0.573 e. The lowest BCUT2D eigenvalue weighted by Gasteiger charge is -2.18. The Labute approximate surface area is 171 Å². The third-order valence-corrected chi connectivity index (χ3v) is 4.89. The summed E-state index contributed by atoms with van der Waals surface area (Å²) < 4.78 is 57.5. The van der Waals surface area contributed by atoms with E-state index in [-0.39, 0.29) is 24.4 Å². The summed E-state index contributed by atoms with van der Waals surface area (Å²) >= 11 is 0. The van der Waals surface area contributed by atoms with Crippen LogP contribution in [0, 0.1) is 6.92 Å². The number of halogens is 3. The lowest BCUT2D eigenvalue weighted by atomic mass is 10.00. The van der Waals surface area contributed by atoms with Crippen molar-refractivity contribution in [2.75, 3.05) is 13.7 Å². The molecule has 0 radical (unpaired) electrons. The topological polar surface area (TPSA) is 61.6 Å². The minimum Gasteiger partial charge on any atom is -0.496 e. The second kappa shape index (κ2) is 7.89. The molecule has 2 aliphatic heterocycles. The van der Waals surface area contributed by atoms with E-state index in [0.717, 1.165) is 22.4 Å². The summed E-state index contributed by atoms with van der Waals surface area (Å²) in [7, 11) is 1.62. The van der Waals surface area contributed by atoms with Crippen molar-refractivity contribution in [3.05, 3.63) is 59.2 Å². The van der Waals surface area contributed by atoms with Crippen LogP contribution in [0.2, 0.25) is 0 Å². The molecule has 2 aromatic rings. The molecule has 0 fully saturated rings. The first-order valence-electron chi connectivity index (χ1n) is 9.22. The van der Waals surface area contributed by atoms with Crippen molar-refractivity contribution in [1.82, 2.24) is 0 Å². The molecule has 0 spiro atoms. The molecule has 2 aliphatic rings. The lowest BCUT2D eigenvalue weighted by Crippen LogP contribution is -2.26. The number of benzene rings is 2. The van der Waals surface area contributed by atoms with E-state index in [1.54, 1.807) is 7.11 Å². The molecule has 0 aromatic heterocycles. The number of rotatable bonds is 5. The Kier molecular flexibility index (Phi) is 5.27. The van der Waals surface area contributed by atoms with Gasteiger partial charge in [-0.25, -0.2) is 9.98 Å². The summed E-state index contributed by atoms with van der Waals surface area (Å²) in [6.07, 6.45) is -3.84. The zero-order valence-corrected chi connectivity index (χ0v) is 16.2. The van der Waals surface area contributed by atoms with Crippen molar-refractivity contribution in [2.24, 2.45) is 9.98 Å². The molecule has 0 saturated heterocycles. The summed E-state index contributed by atoms with van der Waals surface area (Å²) in [5.74, 6) is 0.911. The largest absolute Gasteiger partial charge is 0.573 e. The van der Waals surface area contributed by atoms with E-state index in [9.17, 15) is 13.2 Å². The molecule has 0 aliphatic carbocycles. The van der Waals surface area contributed by atoms with Gasteiger partial charge in [-0.1, -0.05) is 24.3 Å². The fourth-order valence-corrected chi connectivity index (χ4v) is 3.47. The van der Waals surface area contributed by atoms with E-state index in [1.165, 1.54) is 30.7 Å². The van der Waals surface area contributed by atoms with Gasteiger partial charge >= 0.3 is 6.36 Å². The van der Waals surface area contributed by atoms with Crippen molar-refractivity contribution in [3.63, 3.8) is 0 Å². The molecular formula is C21H19F3N2O4. The molecule has 158 valence electrons. The van der Waals surface area contributed by atoms with Crippen LogP contribution in [0.5, 0.6) is 11.5 Å². The summed E-state index contributed by atoms with van der Waals surface area (Å²) in [6.45, 7) is 2.21. The number of nitrogens with zero attached hydrogens (tertiary/aromatic N) is 2. The minimum atomic E-state index is -4.72. The lowest BCUT2D eigenvalue weighted by molar-refractivity contribution is -0.274. The zero-order valence-electron chi connectivity index (χ0n) is 16.2. The number of ether oxygens (including phenoxy) is 4. The Bertz CT molecular complexity index is 973. The standard InChI is InChI=1S/C21H19F3N2O4/c1-12-9-14(5-8-17(12)27-2)18-19(29-11-25-18)20-26-16(10-28-20)13-3-6-15(7-4-13)30-21(22,23)24/h3-9,11,16,18-19H,10H2,1-2H3. The second-order valence-corrected chi connectivity index (χ2v) is 6.90. The smallest absolute Gasteiger partial charge is 0.496 e. The van der Waals surface area contributed by atoms with Gasteiger partial charge in [0.25, 0.3) is 0 Å². The predicted molar refractivity (Wildman–Crippen MR) is 103 cm³/mol. The van der Waals surface area contributed by atoms with Crippen LogP contribution in [0.25, 0.3) is 0 Å². The summed E-state index contributed by atoms with van der Waals surface area (Å²) in [6, 6.07) is 10.7. The van der Waals surface area contributed by atoms with Gasteiger partial charge in [0.2, 0.25) is 12.0 Å². The Balaban J connectivity index is 1.49. The fraction of sp³-hybridized carbons (Fsp3) is 0.333. The number of aryl methyl sites for hydroxylation is 1. The molecular weight excluding hydrogens is 401 g/mol. The molecule has 4 rings (SSSR count). The summed E-state index contributed by atoms with van der Waals surface area (Å²) in [5.41, 5.74) is 2.63. The highest BCUT2D eigenvalue weighted by molar-refractivity contribution is 5.86. The third kappa shape index (κ3) is 4.19. The van der Waals surface area contributed by atoms with E-state index in [0.29, 0.717) is 5.90 Å². The molecule has 3 atom stereocenters. The van der Waals surface area contributed by atoms with Gasteiger partial charge in [0.1, 0.15) is 30.2 Å². The van der Waals surface area contributed by atoms with E-state index < -0.39 is 12.5 Å².